The molecule has 98 valence electrons. The Labute approximate surface area is 110 Å². The van der Waals surface area contributed by atoms with Crippen molar-refractivity contribution in [1.82, 2.24) is 0 Å². The van der Waals surface area contributed by atoms with Gasteiger partial charge in [-0.05, 0) is 38.2 Å². The first-order valence-electron chi connectivity index (χ1n) is 6.92. The summed E-state index contributed by atoms with van der Waals surface area (Å²) in [4.78, 5) is 12.0. The fraction of sp³-hybridized carbons (Fsp3) is 0.562. The van der Waals surface area contributed by atoms with Crippen LogP contribution in [0.2, 0.25) is 0 Å². The van der Waals surface area contributed by atoms with Gasteiger partial charge in [0.2, 0.25) is 0 Å². The summed E-state index contributed by atoms with van der Waals surface area (Å²) in [7, 11) is 0. The van der Waals surface area contributed by atoms with Crippen LogP contribution in [0.25, 0.3) is 0 Å². The lowest BCUT2D eigenvalue weighted by Crippen LogP contribution is -2.41. The van der Waals surface area contributed by atoms with Crippen LogP contribution in [-0.2, 0) is 0 Å². The van der Waals surface area contributed by atoms with Crippen molar-refractivity contribution in [1.29, 1.82) is 0 Å². The van der Waals surface area contributed by atoms with E-state index in [1.807, 2.05) is 12.1 Å². The van der Waals surface area contributed by atoms with Crippen molar-refractivity contribution in [2.45, 2.75) is 57.4 Å². The molecule has 0 radical (unpaired) electrons. The molecular formula is C16H23NO. The molecule has 0 amide bonds. The van der Waals surface area contributed by atoms with Gasteiger partial charge in [-0.1, -0.05) is 43.5 Å². The van der Waals surface area contributed by atoms with Gasteiger partial charge in [-0.25, -0.2) is 0 Å². The van der Waals surface area contributed by atoms with E-state index in [4.69, 9.17) is 5.73 Å². The Bertz CT molecular complexity index is 408. The van der Waals surface area contributed by atoms with Gasteiger partial charge in [0.05, 0.1) is 5.54 Å². The monoisotopic (exact) mass is 245 g/mol. The van der Waals surface area contributed by atoms with E-state index in [0.29, 0.717) is 5.92 Å². The van der Waals surface area contributed by atoms with Gasteiger partial charge in [-0.2, -0.15) is 0 Å². The van der Waals surface area contributed by atoms with Crippen molar-refractivity contribution in [2.75, 3.05) is 0 Å². The average Bonchev–Trinajstić information content (AvgIpc) is 2.38. The molecule has 18 heavy (non-hydrogen) atoms. The fourth-order valence-corrected chi connectivity index (χ4v) is 2.71. The largest absolute Gasteiger partial charge is 0.319 e. The summed E-state index contributed by atoms with van der Waals surface area (Å²) in [5.74, 6) is 0.700. The predicted octanol–water partition coefficient (Wildman–Crippen LogP) is 3.65. The molecule has 0 aromatic heterocycles. The molecule has 1 aromatic carbocycles. The SMILES string of the molecule is CC(C)(N)C(=O)c1ccc(C2CCCCC2)cc1. The summed E-state index contributed by atoms with van der Waals surface area (Å²) in [6, 6.07) is 8.08. The Morgan fingerprint density at radius 3 is 2.17 bits per heavy atom. The van der Waals surface area contributed by atoms with Crippen molar-refractivity contribution in [3.63, 3.8) is 0 Å². The minimum atomic E-state index is -0.785. The second-order valence-electron chi connectivity index (χ2n) is 6.01. The molecule has 0 heterocycles. The second kappa shape index (κ2) is 5.23. The van der Waals surface area contributed by atoms with Crippen LogP contribution < -0.4 is 5.73 Å². The molecule has 0 unspecified atom stereocenters. The van der Waals surface area contributed by atoms with Crippen molar-refractivity contribution in [3.8, 4) is 0 Å². The highest BCUT2D eigenvalue weighted by Gasteiger charge is 2.23. The van der Waals surface area contributed by atoms with E-state index in [9.17, 15) is 4.79 Å². The van der Waals surface area contributed by atoms with Gasteiger partial charge in [0, 0.05) is 5.56 Å². The van der Waals surface area contributed by atoms with E-state index >= 15 is 0 Å². The van der Waals surface area contributed by atoms with E-state index in [1.54, 1.807) is 13.8 Å². The molecule has 1 fully saturated rings. The van der Waals surface area contributed by atoms with Crippen LogP contribution in [0.3, 0.4) is 0 Å². The summed E-state index contributed by atoms with van der Waals surface area (Å²) in [6.07, 6.45) is 6.61. The predicted molar refractivity (Wildman–Crippen MR) is 74.9 cm³/mol. The van der Waals surface area contributed by atoms with Crippen molar-refractivity contribution >= 4 is 5.78 Å². The van der Waals surface area contributed by atoms with E-state index in [0.717, 1.165) is 5.56 Å². The minimum Gasteiger partial charge on any atom is -0.319 e. The third-order valence-corrected chi connectivity index (χ3v) is 3.83. The van der Waals surface area contributed by atoms with Crippen LogP contribution in [0.15, 0.2) is 24.3 Å². The molecule has 1 aromatic rings. The van der Waals surface area contributed by atoms with Gasteiger partial charge >= 0.3 is 0 Å². The number of carbonyl (C=O) groups excluding carboxylic acids is 1. The molecule has 0 aliphatic heterocycles. The van der Waals surface area contributed by atoms with Crippen molar-refractivity contribution in [2.24, 2.45) is 5.73 Å². The van der Waals surface area contributed by atoms with Crippen LogP contribution in [0.5, 0.6) is 0 Å². The number of ketones is 1. The fourth-order valence-electron chi connectivity index (χ4n) is 2.71. The lowest BCUT2D eigenvalue weighted by molar-refractivity contribution is 0.0913. The van der Waals surface area contributed by atoms with E-state index in [1.165, 1.54) is 37.7 Å². The molecule has 0 spiro atoms. The molecule has 0 bridgehead atoms. The topological polar surface area (TPSA) is 43.1 Å². The first-order chi connectivity index (χ1) is 8.48. The zero-order valence-corrected chi connectivity index (χ0v) is 11.4. The molecule has 2 rings (SSSR count). The van der Waals surface area contributed by atoms with Gasteiger partial charge in [0.15, 0.2) is 5.78 Å². The second-order valence-corrected chi connectivity index (χ2v) is 6.01. The zero-order valence-electron chi connectivity index (χ0n) is 11.4. The Morgan fingerprint density at radius 1 is 1.11 bits per heavy atom. The van der Waals surface area contributed by atoms with Crippen molar-refractivity contribution in [3.05, 3.63) is 35.4 Å². The molecule has 0 saturated heterocycles. The lowest BCUT2D eigenvalue weighted by atomic mass is 9.83. The molecule has 1 aliphatic rings. The summed E-state index contributed by atoms with van der Waals surface area (Å²) in [5, 5.41) is 0. The highest BCUT2D eigenvalue weighted by Crippen LogP contribution is 2.32. The van der Waals surface area contributed by atoms with Crippen molar-refractivity contribution < 1.29 is 4.79 Å². The molecule has 2 heteroatoms. The summed E-state index contributed by atoms with van der Waals surface area (Å²) in [5.41, 5.74) is 7.16. The number of hydrogen-bond donors (Lipinski definition) is 1. The lowest BCUT2D eigenvalue weighted by Gasteiger charge is -2.22. The van der Waals surface area contributed by atoms with E-state index in [2.05, 4.69) is 12.1 Å². The maximum atomic E-state index is 12.0. The van der Waals surface area contributed by atoms with Gasteiger partial charge in [0.1, 0.15) is 0 Å². The number of Topliss-reactive ketones (excluding diaryl/α,β-unsaturated/α-hetero) is 1. The van der Waals surface area contributed by atoms with E-state index in [-0.39, 0.29) is 5.78 Å². The molecule has 1 aliphatic carbocycles. The molecule has 1 saturated carbocycles. The van der Waals surface area contributed by atoms with Gasteiger partial charge in [-0.3, -0.25) is 4.79 Å². The first-order valence-corrected chi connectivity index (χ1v) is 6.92. The Morgan fingerprint density at radius 2 is 1.67 bits per heavy atom. The van der Waals surface area contributed by atoms with Gasteiger partial charge in [0.25, 0.3) is 0 Å². The molecular weight excluding hydrogens is 222 g/mol. The number of nitrogens with two attached hydrogens (primary N) is 1. The van der Waals surface area contributed by atoms with Crippen LogP contribution in [-0.4, -0.2) is 11.3 Å². The van der Waals surface area contributed by atoms with Crippen LogP contribution in [0.4, 0.5) is 0 Å². The van der Waals surface area contributed by atoms with Gasteiger partial charge in [-0.15, -0.1) is 0 Å². The Kier molecular flexibility index (Phi) is 3.86. The third-order valence-electron chi connectivity index (χ3n) is 3.83. The molecule has 2 N–H and O–H groups in total. The normalized spacial score (nSPS) is 17.7. The smallest absolute Gasteiger partial charge is 0.182 e. The highest BCUT2D eigenvalue weighted by atomic mass is 16.1. The van der Waals surface area contributed by atoms with E-state index < -0.39 is 5.54 Å². The number of hydrogen-bond acceptors (Lipinski definition) is 2. The number of rotatable bonds is 3. The summed E-state index contributed by atoms with van der Waals surface area (Å²) < 4.78 is 0. The van der Waals surface area contributed by atoms with Crippen LogP contribution >= 0.6 is 0 Å². The average molecular weight is 245 g/mol. The van der Waals surface area contributed by atoms with Crippen LogP contribution in [0.1, 0.15) is 67.8 Å². The molecule has 0 atom stereocenters. The summed E-state index contributed by atoms with van der Waals surface area (Å²) >= 11 is 0. The number of carbonyl (C=O) groups is 1. The summed E-state index contributed by atoms with van der Waals surface area (Å²) in [6.45, 7) is 3.51. The number of benzene rings is 1. The Hall–Kier alpha value is -1.15. The maximum absolute atomic E-state index is 12.0. The van der Waals surface area contributed by atoms with Crippen LogP contribution in [0, 0.1) is 0 Å². The van der Waals surface area contributed by atoms with Gasteiger partial charge < -0.3 is 5.73 Å². The first kappa shape index (κ1) is 13.3. The Balaban J connectivity index is 2.12. The maximum Gasteiger partial charge on any atom is 0.182 e. The zero-order chi connectivity index (χ0) is 13.2. The molecule has 2 nitrogen and oxygen atoms in total. The minimum absolute atomic E-state index is 0.0118. The highest BCUT2D eigenvalue weighted by molar-refractivity contribution is 6.02. The standard InChI is InChI=1S/C16H23NO/c1-16(2,17)15(18)14-10-8-13(9-11-14)12-6-4-3-5-7-12/h8-12H,3-7,17H2,1-2H3. The third kappa shape index (κ3) is 2.99. The quantitative estimate of drug-likeness (QED) is 0.826.